The summed E-state index contributed by atoms with van der Waals surface area (Å²) in [7, 11) is 1.62. The van der Waals surface area contributed by atoms with Crippen molar-refractivity contribution < 1.29 is 14.1 Å². The Balaban J connectivity index is 1.65. The van der Waals surface area contributed by atoms with Crippen LogP contribution in [0.4, 0.5) is 0 Å². The number of methoxy groups -OCH3 is 1. The molecule has 4 rings (SSSR count). The van der Waals surface area contributed by atoms with Gasteiger partial charge >= 0.3 is 0 Å². The van der Waals surface area contributed by atoms with Gasteiger partial charge in [0.05, 0.1) is 13.2 Å². The predicted octanol–water partition coefficient (Wildman–Crippen LogP) is 4.87. The number of amides is 1. The minimum Gasteiger partial charge on any atom is -0.496 e. The fraction of sp³-hybridized carbons (Fsp3) is 0.0833. The molecule has 0 radical (unpaired) electrons. The highest BCUT2D eigenvalue weighted by Gasteiger charge is 2.23. The number of ether oxygens (including phenoxy) is 1. The Morgan fingerprint density at radius 3 is 2.31 bits per heavy atom. The van der Waals surface area contributed by atoms with Crippen molar-refractivity contribution in [3.8, 4) is 17.0 Å². The molecule has 0 bridgehead atoms. The monoisotopic (exact) mass is 384 g/mol. The fourth-order valence-corrected chi connectivity index (χ4v) is 3.22. The molecule has 0 saturated heterocycles. The van der Waals surface area contributed by atoms with Gasteiger partial charge < -0.3 is 14.6 Å². The second kappa shape index (κ2) is 8.44. The van der Waals surface area contributed by atoms with Crippen LogP contribution in [0.25, 0.3) is 11.3 Å². The summed E-state index contributed by atoms with van der Waals surface area (Å²) in [5.74, 6) is 0.503. The predicted molar refractivity (Wildman–Crippen MR) is 111 cm³/mol. The normalized spacial score (nSPS) is 11.6. The summed E-state index contributed by atoms with van der Waals surface area (Å²) < 4.78 is 10.8. The van der Waals surface area contributed by atoms with Crippen LogP contribution in [-0.4, -0.2) is 18.2 Å². The van der Waals surface area contributed by atoms with Crippen LogP contribution in [0.2, 0.25) is 0 Å². The summed E-state index contributed by atoms with van der Waals surface area (Å²) in [5.41, 5.74) is 3.30. The first-order valence-corrected chi connectivity index (χ1v) is 9.27. The third-order valence-electron chi connectivity index (χ3n) is 4.66. The average molecular weight is 384 g/mol. The van der Waals surface area contributed by atoms with Gasteiger partial charge in [-0.3, -0.25) is 4.79 Å². The molecule has 29 heavy (non-hydrogen) atoms. The molecule has 1 heterocycles. The lowest BCUT2D eigenvalue weighted by Crippen LogP contribution is -2.29. The Morgan fingerprint density at radius 1 is 0.931 bits per heavy atom. The Kier molecular flexibility index (Phi) is 5.38. The largest absolute Gasteiger partial charge is 0.496 e. The van der Waals surface area contributed by atoms with Crippen molar-refractivity contribution in [1.82, 2.24) is 10.5 Å². The van der Waals surface area contributed by atoms with Gasteiger partial charge in [0.15, 0.2) is 0 Å². The van der Waals surface area contributed by atoms with E-state index in [0.29, 0.717) is 11.4 Å². The van der Waals surface area contributed by atoms with Gasteiger partial charge in [0.2, 0.25) is 5.76 Å². The van der Waals surface area contributed by atoms with Crippen LogP contribution in [0, 0.1) is 0 Å². The van der Waals surface area contributed by atoms with Crippen molar-refractivity contribution in [1.29, 1.82) is 0 Å². The molecular formula is C24H20N2O3. The van der Waals surface area contributed by atoms with E-state index in [2.05, 4.69) is 10.5 Å². The smallest absolute Gasteiger partial charge is 0.290 e. The molecule has 0 aliphatic rings. The average Bonchev–Trinajstić information content (AvgIpc) is 3.29. The number of para-hydroxylation sites is 1. The highest BCUT2D eigenvalue weighted by molar-refractivity contribution is 5.93. The molecule has 0 saturated carbocycles. The standard InChI is InChI=1S/C24H20N2O3/c1-28-21-15-9-8-14-19(21)23(18-12-6-3-7-13-18)25-24(27)22-16-20(26-29-22)17-10-4-2-5-11-17/h2-16,23H,1H3,(H,25,27). The first-order valence-electron chi connectivity index (χ1n) is 9.27. The molecule has 1 N–H and O–H groups in total. The topological polar surface area (TPSA) is 64.4 Å². The zero-order valence-corrected chi connectivity index (χ0v) is 15.9. The van der Waals surface area contributed by atoms with Crippen LogP contribution in [-0.2, 0) is 0 Å². The second-order valence-corrected chi connectivity index (χ2v) is 6.50. The number of aromatic nitrogens is 1. The summed E-state index contributed by atoms with van der Waals surface area (Å²) in [4.78, 5) is 13.0. The number of carbonyl (C=O) groups is 1. The van der Waals surface area contributed by atoms with E-state index in [-0.39, 0.29) is 11.7 Å². The Labute approximate surface area is 168 Å². The van der Waals surface area contributed by atoms with Crippen LogP contribution < -0.4 is 10.1 Å². The van der Waals surface area contributed by atoms with Crippen molar-refractivity contribution in [2.75, 3.05) is 7.11 Å². The maximum absolute atomic E-state index is 13.0. The molecule has 0 fully saturated rings. The first kappa shape index (κ1) is 18.5. The zero-order chi connectivity index (χ0) is 20.1. The summed E-state index contributed by atoms with van der Waals surface area (Å²) >= 11 is 0. The maximum atomic E-state index is 13.0. The van der Waals surface area contributed by atoms with Gasteiger partial charge in [-0.2, -0.15) is 0 Å². The minimum atomic E-state index is -0.398. The molecule has 1 unspecified atom stereocenters. The summed E-state index contributed by atoms with van der Waals surface area (Å²) in [6.07, 6.45) is 0. The number of nitrogens with one attached hydrogen (secondary N) is 1. The van der Waals surface area contributed by atoms with E-state index in [9.17, 15) is 4.79 Å². The number of rotatable bonds is 6. The van der Waals surface area contributed by atoms with Crippen molar-refractivity contribution in [2.24, 2.45) is 0 Å². The zero-order valence-electron chi connectivity index (χ0n) is 15.9. The molecule has 5 nitrogen and oxygen atoms in total. The summed E-state index contributed by atoms with van der Waals surface area (Å²) in [5, 5.41) is 7.09. The van der Waals surface area contributed by atoms with Crippen LogP contribution >= 0.6 is 0 Å². The molecule has 3 aromatic carbocycles. The van der Waals surface area contributed by atoms with E-state index < -0.39 is 6.04 Å². The molecule has 0 aliphatic heterocycles. The van der Waals surface area contributed by atoms with E-state index in [1.165, 1.54) is 0 Å². The third kappa shape index (κ3) is 4.04. The van der Waals surface area contributed by atoms with E-state index in [1.54, 1.807) is 13.2 Å². The molecule has 1 aromatic heterocycles. The lowest BCUT2D eigenvalue weighted by Gasteiger charge is -2.21. The van der Waals surface area contributed by atoms with E-state index >= 15 is 0 Å². The third-order valence-corrected chi connectivity index (χ3v) is 4.66. The molecule has 4 aromatic rings. The molecule has 5 heteroatoms. The van der Waals surface area contributed by atoms with Gasteiger partial charge in [-0.25, -0.2) is 0 Å². The quantitative estimate of drug-likeness (QED) is 0.515. The molecule has 0 spiro atoms. The van der Waals surface area contributed by atoms with Crippen molar-refractivity contribution in [3.63, 3.8) is 0 Å². The van der Waals surface area contributed by atoms with Gasteiger partial charge in [0.1, 0.15) is 11.4 Å². The van der Waals surface area contributed by atoms with Gasteiger partial charge in [-0.1, -0.05) is 84.0 Å². The summed E-state index contributed by atoms with van der Waals surface area (Å²) in [6.45, 7) is 0. The van der Waals surface area contributed by atoms with Crippen molar-refractivity contribution in [2.45, 2.75) is 6.04 Å². The second-order valence-electron chi connectivity index (χ2n) is 6.50. The van der Waals surface area contributed by atoms with Gasteiger partial charge in [-0.05, 0) is 11.6 Å². The number of carbonyl (C=O) groups excluding carboxylic acids is 1. The van der Waals surface area contributed by atoms with Crippen molar-refractivity contribution in [3.05, 3.63) is 108 Å². The lowest BCUT2D eigenvalue weighted by molar-refractivity contribution is 0.0905. The molecule has 144 valence electrons. The maximum Gasteiger partial charge on any atom is 0.290 e. The Morgan fingerprint density at radius 2 is 1.59 bits per heavy atom. The number of benzene rings is 3. The first-order chi connectivity index (χ1) is 14.3. The number of nitrogens with zero attached hydrogens (tertiary/aromatic N) is 1. The van der Waals surface area contributed by atoms with E-state index in [4.69, 9.17) is 9.26 Å². The fourth-order valence-electron chi connectivity index (χ4n) is 3.22. The molecular weight excluding hydrogens is 364 g/mol. The Hall–Kier alpha value is -3.86. The lowest BCUT2D eigenvalue weighted by atomic mass is 9.97. The molecule has 1 amide bonds. The van der Waals surface area contributed by atoms with Crippen LogP contribution in [0.15, 0.2) is 95.5 Å². The Bertz CT molecular complexity index is 1090. The van der Waals surface area contributed by atoms with E-state index in [1.807, 2.05) is 84.9 Å². The van der Waals surface area contributed by atoms with Gasteiger partial charge in [-0.15, -0.1) is 0 Å². The highest BCUT2D eigenvalue weighted by atomic mass is 16.5. The van der Waals surface area contributed by atoms with Crippen molar-refractivity contribution >= 4 is 5.91 Å². The van der Waals surface area contributed by atoms with Gasteiger partial charge in [0, 0.05) is 17.2 Å². The summed E-state index contributed by atoms with van der Waals surface area (Å²) in [6, 6.07) is 28.2. The number of hydrogen-bond acceptors (Lipinski definition) is 4. The minimum absolute atomic E-state index is 0.152. The molecule has 0 aliphatic carbocycles. The van der Waals surface area contributed by atoms with Gasteiger partial charge in [0.25, 0.3) is 5.91 Å². The number of hydrogen-bond donors (Lipinski definition) is 1. The van der Waals surface area contributed by atoms with Crippen LogP contribution in [0.1, 0.15) is 27.7 Å². The highest BCUT2D eigenvalue weighted by Crippen LogP contribution is 2.30. The van der Waals surface area contributed by atoms with E-state index in [0.717, 1.165) is 16.7 Å². The molecule has 1 atom stereocenters. The van der Waals surface area contributed by atoms with Crippen LogP contribution in [0.3, 0.4) is 0 Å². The SMILES string of the molecule is COc1ccccc1C(NC(=O)c1cc(-c2ccccc2)no1)c1ccccc1. The van der Waals surface area contributed by atoms with Crippen LogP contribution in [0.5, 0.6) is 5.75 Å².